The van der Waals surface area contributed by atoms with Crippen LogP contribution in [0, 0.1) is 5.92 Å². The first kappa shape index (κ1) is 13.5. The van der Waals surface area contributed by atoms with E-state index in [4.69, 9.17) is 10.5 Å². The second-order valence-corrected chi connectivity index (χ2v) is 5.70. The Balaban J connectivity index is 2.54. The molecule has 4 heteroatoms. The maximum Gasteiger partial charge on any atom is 0.151 e. The summed E-state index contributed by atoms with van der Waals surface area (Å²) in [5, 5.41) is 0. The zero-order valence-corrected chi connectivity index (χ0v) is 11.6. The van der Waals surface area contributed by atoms with E-state index in [0.29, 0.717) is 12.5 Å². The van der Waals surface area contributed by atoms with Crippen LogP contribution in [0.3, 0.4) is 0 Å². The van der Waals surface area contributed by atoms with Crippen LogP contribution in [0.4, 0.5) is 0 Å². The number of rotatable bonds is 5. The van der Waals surface area contributed by atoms with Crippen LogP contribution in [0.5, 0.6) is 5.75 Å². The third-order valence-electron chi connectivity index (χ3n) is 2.17. The van der Waals surface area contributed by atoms with Gasteiger partial charge in [0.25, 0.3) is 0 Å². The van der Waals surface area contributed by atoms with Crippen molar-refractivity contribution in [2.24, 2.45) is 11.7 Å². The smallest absolute Gasteiger partial charge is 0.151 e. The minimum atomic E-state index is -0.302. The lowest BCUT2D eigenvalue weighted by atomic mass is 9.93. The number of nitrogens with zero attached hydrogens (tertiary/aromatic N) is 1. The fourth-order valence-corrected chi connectivity index (χ4v) is 2.04. The standard InChI is InChI=1S/C12H19BrN2O/c1-9(2)6-12(3,14)8-16-11-7-15-5-4-10(11)13/h4-5,7,9H,6,8,14H2,1-3H3/t12-/m0/s1. The van der Waals surface area contributed by atoms with E-state index in [0.717, 1.165) is 16.6 Å². The Morgan fingerprint density at radius 3 is 2.81 bits per heavy atom. The van der Waals surface area contributed by atoms with E-state index in [1.54, 1.807) is 12.4 Å². The van der Waals surface area contributed by atoms with E-state index < -0.39 is 0 Å². The summed E-state index contributed by atoms with van der Waals surface area (Å²) < 4.78 is 6.57. The predicted octanol–water partition coefficient (Wildman–Crippen LogP) is 2.99. The molecular formula is C12H19BrN2O. The molecule has 0 aliphatic carbocycles. The first-order chi connectivity index (χ1) is 7.41. The molecule has 0 radical (unpaired) electrons. The minimum Gasteiger partial charge on any atom is -0.489 e. The molecule has 16 heavy (non-hydrogen) atoms. The monoisotopic (exact) mass is 286 g/mol. The minimum absolute atomic E-state index is 0.302. The summed E-state index contributed by atoms with van der Waals surface area (Å²) in [5.74, 6) is 1.30. The van der Waals surface area contributed by atoms with Gasteiger partial charge in [0, 0.05) is 11.7 Å². The molecule has 1 rings (SSSR count). The molecule has 0 aromatic carbocycles. The normalized spacial score (nSPS) is 14.9. The third-order valence-corrected chi connectivity index (χ3v) is 2.82. The molecule has 1 aromatic rings. The number of nitrogens with two attached hydrogens (primary N) is 1. The van der Waals surface area contributed by atoms with E-state index in [9.17, 15) is 0 Å². The Kier molecular flexibility index (Phi) is 4.74. The largest absolute Gasteiger partial charge is 0.489 e. The SMILES string of the molecule is CC(C)C[C@](C)(N)COc1cnccc1Br. The van der Waals surface area contributed by atoms with Crippen LogP contribution in [0.25, 0.3) is 0 Å². The molecule has 0 aliphatic rings. The lowest BCUT2D eigenvalue weighted by Crippen LogP contribution is -2.43. The fraction of sp³-hybridized carbons (Fsp3) is 0.583. The van der Waals surface area contributed by atoms with E-state index in [-0.39, 0.29) is 5.54 Å². The molecule has 0 fully saturated rings. The molecule has 0 aliphatic heterocycles. The molecular weight excluding hydrogens is 268 g/mol. The molecule has 3 nitrogen and oxygen atoms in total. The van der Waals surface area contributed by atoms with Gasteiger partial charge in [0.15, 0.2) is 5.75 Å². The van der Waals surface area contributed by atoms with Gasteiger partial charge in [0.05, 0.1) is 10.7 Å². The quantitative estimate of drug-likeness (QED) is 0.905. The molecule has 0 saturated heterocycles. The molecule has 0 spiro atoms. The van der Waals surface area contributed by atoms with Gasteiger partial charge in [-0.2, -0.15) is 0 Å². The lowest BCUT2D eigenvalue weighted by molar-refractivity contribution is 0.205. The van der Waals surface area contributed by atoms with Gasteiger partial charge < -0.3 is 10.5 Å². The van der Waals surface area contributed by atoms with Gasteiger partial charge in [-0.3, -0.25) is 4.98 Å². The molecule has 1 aromatic heterocycles. The lowest BCUT2D eigenvalue weighted by Gasteiger charge is -2.26. The number of halogens is 1. The first-order valence-corrected chi connectivity index (χ1v) is 6.21. The van der Waals surface area contributed by atoms with Crippen molar-refractivity contribution in [1.82, 2.24) is 4.98 Å². The van der Waals surface area contributed by atoms with Gasteiger partial charge in [0.1, 0.15) is 6.61 Å². The third kappa shape index (κ3) is 4.49. The van der Waals surface area contributed by atoms with Crippen molar-refractivity contribution in [3.63, 3.8) is 0 Å². The molecule has 0 amide bonds. The molecule has 2 N–H and O–H groups in total. The van der Waals surface area contributed by atoms with E-state index in [1.807, 2.05) is 13.0 Å². The summed E-state index contributed by atoms with van der Waals surface area (Å²) in [6.07, 6.45) is 4.34. The van der Waals surface area contributed by atoms with Crippen molar-refractivity contribution in [2.45, 2.75) is 32.7 Å². The zero-order valence-electron chi connectivity index (χ0n) is 10.0. The number of hydrogen-bond acceptors (Lipinski definition) is 3. The topological polar surface area (TPSA) is 48.1 Å². The van der Waals surface area contributed by atoms with Crippen LogP contribution < -0.4 is 10.5 Å². The summed E-state index contributed by atoms with van der Waals surface area (Å²) in [5.41, 5.74) is 5.85. The number of ether oxygens (including phenoxy) is 1. The van der Waals surface area contributed by atoms with Gasteiger partial charge in [-0.25, -0.2) is 0 Å². The van der Waals surface area contributed by atoms with Crippen LogP contribution >= 0.6 is 15.9 Å². The number of aromatic nitrogens is 1. The fourth-order valence-electron chi connectivity index (χ4n) is 1.70. The predicted molar refractivity (Wildman–Crippen MR) is 69.5 cm³/mol. The molecule has 1 heterocycles. The Bertz CT molecular complexity index is 340. The van der Waals surface area contributed by atoms with Gasteiger partial charge >= 0.3 is 0 Å². The summed E-state index contributed by atoms with van der Waals surface area (Å²) in [6, 6.07) is 1.85. The summed E-state index contributed by atoms with van der Waals surface area (Å²) in [4.78, 5) is 4.01. The van der Waals surface area contributed by atoms with E-state index in [1.165, 1.54) is 0 Å². The Labute approximate surface area is 106 Å². The van der Waals surface area contributed by atoms with Crippen molar-refractivity contribution in [2.75, 3.05) is 6.61 Å². The van der Waals surface area contributed by atoms with Crippen LogP contribution in [0.1, 0.15) is 27.2 Å². The maximum atomic E-state index is 6.15. The Morgan fingerprint density at radius 2 is 2.25 bits per heavy atom. The number of pyridine rings is 1. The van der Waals surface area contributed by atoms with E-state index >= 15 is 0 Å². The van der Waals surface area contributed by atoms with E-state index in [2.05, 4.69) is 34.8 Å². The van der Waals surface area contributed by atoms with Gasteiger partial charge in [-0.05, 0) is 41.3 Å². The summed E-state index contributed by atoms with van der Waals surface area (Å²) >= 11 is 3.41. The highest BCUT2D eigenvalue weighted by molar-refractivity contribution is 9.10. The second-order valence-electron chi connectivity index (χ2n) is 4.85. The molecule has 90 valence electrons. The van der Waals surface area contributed by atoms with Crippen molar-refractivity contribution < 1.29 is 4.74 Å². The van der Waals surface area contributed by atoms with Gasteiger partial charge in [-0.1, -0.05) is 13.8 Å². The summed E-state index contributed by atoms with van der Waals surface area (Å²) in [7, 11) is 0. The van der Waals surface area contributed by atoms with Crippen molar-refractivity contribution in [3.05, 3.63) is 22.9 Å². The Morgan fingerprint density at radius 1 is 1.56 bits per heavy atom. The summed E-state index contributed by atoms with van der Waals surface area (Å²) in [6.45, 7) is 6.82. The van der Waals surface area contributed by atoms with Crippen LogP contribution in [-0.4, -0.2) is 17.1 Å². The van der Waals surface area contributed by atoms with Crippen LogP contribution in [-0.2, 0) is 0 Å². The Hall–Kier alpha value is -0.610. The van der Waals surface area contributed by atoms with Gasteiger partial charge in [-0.15, -0.1) is 0 Å². The first-order valence-electron chi connectivity index (χ1n) is 5.42. The highest BCUT2D eigenvalue weighted by Gasteiger charge is 2.21. The maximum absolute atomic E-state index is 6.15. The average molecular weight is 287 g/mol. The van der Waals surface area contributed by atoms with Crippen LogP contribution in [0.15, 0.2) is 22.9 Å². The van der Waals surface area contributed by atoms with Crippen molar-refractivity contribution in [1.29, 1.82) is 0 Å². The number of hydrogen-bond donors (Lipinski definition) is 1. The highest BCUT2D eigenvalue weighted by Crippen LogP contribution is 2.24. The van der Waals surface area contributed by atoms with Crippen molar-refractivity contribution >= 4 is 15.9 Å². The second kappa shape index (κ2) is 5.64. The van der Waals surface area contributed by atoms with Gasteiger partial charge in [0.2, 0.25) is 0 Å². The molecule has 1 atom stereocenters. The molecule has 0 saturated carbocycles. The highest BCUT2D eigenvalue weighted by atomic mass is 79.9. The molecule has 0 bridgehead atoms. The van der Waals surface area contributed by atoms with Crippen LogP contribution in [0.2, 0.25) is 0 Å². The average Bonchev–Trinajstić information content (AvgIpc) is 2.14. The molecule has 0 unspecified atom stereocenters. The zero-order chi connectivity index (χ0) is 12.2. The van der Waals surface area contributed by atoms with Crippen molar-refractivity contribution in [3.8, 4) is 5.75 Å².